The van der Waals surface area contributed by atoms with E-state index in [0.717, 1.165) is 46.6 Å². The number of pyridine rings is 1. The minimum absolute atomic E-state index is 0.349. The van der Waals surface area contributed by atoms with Gasteiger partial charge in [-0.05, 0) is 54.3 Å². The molecular formula is C26H26N4O2S2. The number of rotatable bonds is 6. The normalized spacial score (nSPS) is 15.5. The number of para-hydroxylation sites is 1. The van der Waals surface area contributed by atoms with E-state index in [1.54, 1.807) is 34.0 Å². The van der Waals surface area contributed by atoms with Gasteiger partial charge in [-0.1, -0.05) is 42.8 Å². The first kappa shape index (κ1) is 22.7. The van der Waals surface area contributed by atoms with Crippen LogP contribution in [0.25, 0.3) is 11.3 Å². The van der Waals surface area contributed by atoms with Crippen molar-refractivity contribution in [1.29, 1.82) is 0 Å². The Balaban J connectivity index is 1.52. The molecule has 0 saturated carbocycles. The van der Waals surface area contributed by atoms with E-state index in [0.29, 0.717) is 24.5 Å². The molecule has 0 spiro atoms. The van der Waals surface area contributed by atoms with Crippen molar-refractivity contribution in [3.63, 3.8) is 0 Å². The van der Waals surface area contributed by atoms with Gasteiger partial charge in [0.25, 0.3) is 0 Å². The Hall–Kier alpha value is -3.07. The highest BCUT2D eigenvalue weighted by Crippen LogP contribution is 2.26. The number of thiazole rings is 1. The Morgan fingerprint density at radius 2 is 1.68 bits per heavy atom. The molecule has 8 heteroatoms. The molecule has 0 unspecified atom stereocenters. The monoisotopic (exact) mass is 490 g/mol. The van der Waals surface area contributed by atoms with Crippen molar-refractivity contribution < 1.29 is 8.42 Å². The first-order chi connectivity index (χ1) is 16.6. The number of piperidine rings is 1. The molecule has 0 aliphatic carbocycles. The lowest BCUT2D eigenvalue weighted by atomic mass is 10.1. The average molecular weight is 491 g/mol. The number of hydrogen-bond acceptors (Lipinski definition) is 5. The first-order valence-electron chi connectivity index (χ1n) is 11.4. The maximum Gasteiger partial charge on any atom is 0.243 e. The number of benzene rings is 2. The zero-order valence-electron chi connectivity index (χ0n) is 18.7. The summed E-state index contributed by atoms with van der Waals surface area (Å²) in [6.45, 7) is 1.82. The van der Waals surface area contributed by atoms with Gasteiger partial charge >= 0.3 is 0 Å². The third-order valence-corrected chi connectivity index (χ3v) is 8.72. The smallest absolute Gasteiger partial charge is 0.243 e. The summed E-state index contributed by atoms with van der Waals surface area (Å²) in [7, 11) is -3.45. The number of nitrogens with zero attached hydrogens (tertiary/aromatic N) is 4. The predicted octanol–water partition coefficient (Wildman–Crippen LogP) is 5.07. The SMILES string of the molecule is O=S(=O)(c1ccc(-c2csc(=Nc3ccccc3)n2Cc2cccnc2)cc1)N1CCCCC1. The van der Waals surface area contributed by atoms with Crippen molar-refractivity contribution in [2.24, 2.45) is 4.99 Å². The van der Waals surface area contributed by atoms with Gasteiger partial charge in [0.05, 0.1) is 22.8 Å². The zero-order valence-corrected chi connectivity index (χ0v) is 20.4. The van der Waals surface area contributed by atoms with Crippen molar-refractivity contribution in [2.45, 2.75) is 30.7 Å². The second kappa shape index (κ2) is 10.0. The van der Waals surface area contributed by atoms with E-state index >= 15 is 0 Å². The summed E-state index contributed by atoms with van der Waals surface area (Å²) >= 11 is 1.57. The van der Waals surface area contributed by atoms with Crippen LogP contribution in [0.2, 0.25) is 0 Å². The summed E-state index contributed by atoms with van der Waals surface area (Å²) in [5, 5.41) is 2.08. The van der Waals surface area contributed by atoms with Crippen LogP contribution >= 0.6 is 11.3 Å². The molecular weight excluding hydrogens is 464 g/mol. The van der Waals surface area contributed by atoms with Crippen LogP contribution in [0.3, 0.4) is 0 Å². The predicted molar refractivity (Wildman–Crippen MR) is 135 cm³/mol. The van der Waals surface area contributed by atoms with Crippen LogP contribution in [-0.4, -0.2) is 35.4 Å². The van der Waals surface area contributed by atoms with Crippen LogP contribution in [0.5, 0.6) is 0 Å². The minimum Gasteiger partial charge on any atom is -0.312 e. The Bertz CT molecular complexity index is 1410. The fourth-order valence-electron chi connectivity index (χ4n) is 4.14. The molecule has 3 heterocycles. The maximum atomic E-state index is 13.1. The second-order valence-electron chi connectivity index (χ2n) is 8.29. The fourth-order valence-corrected chi connectivity index (χ4v) is 6.59. The van der Waals surface area contributed by atoms with Crippen LogP contribution in [0.1, 0.15) is 24.8 Å². The highest BCUT2D eigenvalue weighted by Gasteiger charge is 2.25. The highest BCUT2D eigenvalue weighted by atomic mass is 32.2. The van der Waals surface area contributed by atoms with Gasteiger partial charge < -0.3 is 4.57 Å². The van der Waals surface area contributed by atoms with Crippen LogP contribution < -0.4 is 4.80 Å². The maximum absolute atomic E-state index is 13.1. The molecule has 174 valence electrons. The van der Waals surface area contributed by atoms with Gasteiger partial charge in [0.15, 0.2) is 4.80 Å². The molecule has 2 aromatic carbocycles. The molecule has 0 amide bonds. The standard InChI is InChI=1S/C26H26N4O2S2/c31-34(32,29-16-5-2-6-17-29)24-13-11-22(12-14-24)25-20-33-26(28-23-9-3-1-4-10-23)30(25)19-21-8-7-15-27-18-21/h1,3-4,7-15,18,20H,2,5-6,16-17,19H2. The van der Waals surface area contributed by atoms with Gasteiger partial charge in [-0.25, -0.2) is 13.4 Å². The Morgan fingerprint density at radius 3 is 2.38 bits per heavy atom. The summed E-state index contributed by atoms with van der Waals surface area (Å²) < 4.78 is 29.9. The van der Waals surface area contributed by atoms with E-state index in [-0.39, 0.29) is 0 Å². The molecule has 4 aromatic rings. The Labute approximate surface area is 203 Å². The minimum atomic E-state index is -3.45. The summed E-state index contributed by atoms with van der Waals surface area (Å²) in [5.41, 5.74) is 3.90. The van der Waals surface area contributed by atoms with E-state index in [4.69, 9.17) is 4.99 Å². The molecule has 6 nitrogen and oxygen atoms in total. The molecule has 1 aliphatic rings. The highest BCUT2D eigenvalue weighted by molar-refractivity contribution is 7.89. The van der Waals surface area contributed by atoms with E-state index < -0.39 is 10.0 Å². The second-order valence-corrected chi connectivity index (χ2v) is 11.1. The fraction of sp³-hybridized carbons (Fsp3) is 0.231. The Morgan fingerprint density at radius 1 is 0.912 bits per heavy atom. The lowest BCUT2D eigenvalue weighted by Gasteiger charge is -2.25. The van der Waals surface area contributed by atoms with Crippen LogP contribution in [0.4, 0.5) is 5.69 Å². The third kappa shape index (κ3) is 4.89. The van der Waals surface area contributed by atoms with Gasteiger partial charge in [-0.3, -0.25) is 4.98 Å². The number of hydrogen-bond donors (Lipinski definition) is 0. The molecule has 2 aromatic heterocycles. The summed E-state index contributed by atoms with van der Waals surface area (Å²) in [5.74, 6) is 0. The van der Waals surface area contributed by atoms with Crippen LogP contribution in [0.15, 0.2) is 94.4 Å². The molecule has 1 aliphatic heterocycles. The van der Waals surface area contributed by atoms with Gasteiger partial charge in [-0.15, -0.1) is 11.3 Å². The molecule has 1 saturated heterocycles. The largest absolute Gasteiger partial charge is 0.312 e. The first-order valence-corrected chi connectivity index (χ1v) is 13.7. The van der Waals surface area contributed by atoms with E-state index in [1.807, 2.05) is 60.8 Å². The molecule has 34 heavy (non-hydrogen) atoms. The van der Waals surface area contributed by atoms with Crippen molar-refractivity contribution in [3.05, 3.63) is 94.9 Å². The van der Waals surface area contributed by atoms with Crippen molar-refractivity contribution in [3.8, 4) is 11.3 Å². The molecule has 0 atom stereocenters. The van der Waals surface area contributed by atoms with Crippen molar-refractivity contribution in [2.75, 3.05) is 13.1 Å². The van der Waals surface area contributed by atoms with E-state index in [9.17, 15) is 8.42 Å². The van der Waals surface area contributed by atoms with E-state index in [1.165, 1.54) is 0 Å². The third-order valence-electron chi connectivity index (χ3n) is 5.94. The van der Waals surface area contributed by atoms with Gasteiger partial charge in [0.1, 0.15) is 0 Å². The summed E-state index contributed by atoms with van der Waals surface area (Å²) in [6.07, 6.45) is 6.56. The quantitative estimate of drug-likeness (QED) is 0.379. The Kier molecular flexibility index (Phi) is 6.71. The molecule has 5 rings (SSSR count). The lowest BCUT2D eigenvalue weighted by molar-refractivity contribution is 0.346. The summed E-state index contributed by atoms with van der Waals surface area (Å²) in [4.78, 5) is 10.3. The van der Waals surface area contributed by atoms with Crippen LogP contribution in [0, 0.1) is 0 Å². The molecule has 1 fully saturated rings. The van der Waals surface area contributed by atoms with Crippen LogP contribution in [-0.2, 0) is 16.6 Å². The number of aromatic nitrogens is 2. The zero-order chi connectivity index (χ0) is 23.4. The molecule has 0 radical (unpaired) electrons. The van der Waals surface area contributed by atoms with Gasteiger partial charge in [0.2, 0.25) is 10.0 Å². The number of sulfonamides is 1. The van der Waals surface area contributed by atoms with Gasteiger partial charge in [-0.2, -0.15) is 4.31 Å². The topological polar surface area (TPSA) is 67.6 Å². The molecule has 0 bridgehead atoms. The lowest BCUT2D eigenvalue weighted by Crippen LogP contribution is -2.35. The van der Waals surface area contributed by atoms with Crippen molar-refractivity contribution in [1.82, 2.24) is 13.9 Å². The van der Waals surface area contributed by atoms with Crippen molar-refractivity contribution >= 4 is 27.0 Å². The van der Waals surface area contributed by atoms with E-state index in [2.05, 4.69) is 14.9 Å². The summed E-state index contributed by atoms with van der Waals surface area (Å²) in [6, 6.07) is 21.1. The molecule has 0 N–H and O–H groups in total. The van der Waals surface area contributed by atoms with Gasteiger partial charge in [0, 0.05) is 30.9 Å². The average Bonchev–Trinajstić information content (AvgIpc) is 3.27.